The van der Waals surface area contributed by atoms with E-state index in [9.17, 15) is 35.5 Å². The van der Waals surface area contributed by atoms with Gasteiger partial charge in [-0.3, -0.25) is 12.5 Å². The Morgan fingerprint density at radius 1 is 0.818 bits per heavy atom. The Kier molecular flexibility index (Phi) is 7.06. The summed E-state index contributed by atoms with van der Waals surface area (Å²) in [7, 11) is -13.1. The van der Waals surface area contributed by atoms with Gasteiger partial charge < -0.3 is 14.8 Å². The monoisotopic (exact) mass is 550 g/mol. The lowest BCUT2D eigenvalue weighted by Gasteiger charge is -2.45. The number of hydrogen-bond donors (Lipinski definition) is 2. The summed E-state index contributed by atoms with van der Waals surface area (Å²) in [5, 5.41) is 21.9. The fourth-order valence-electron chi connectivity index (χ4n) is 3.48. The van der Waals surface area contributed by atoms with E-state index in [4.69, 9.17) is 24.2 Å². The van der Waals surface area contributed by atoms with E-state index in [1.165, 1.54) is 0 Å². The van der Waals surface area contributed by atoms with Crippen molar-refractivity contribution in [2.75, 3.05) is 18.8 Å². The molecule has 19 heteroatoms. The Morgan fingerprint density at radius 3 is 1.73 bits per heavy atom. The summed E-state index contributed by atoms with van der Waals surface area (Å²) in [5.74, 6) is 0. The van der Waals surface area contributed by atoms with Crippen LogP contribution >= 0.6 is 11.6 Å². The Bertz CT molecular complexity index is 1310. The van der Waals surface area contributed by atoms with Crippen molar-refractivity contribution >= 4 is 53.1 Å². The molecule has 6 atom stereocenters. The van der Waals surface area contributed by atoms with Crippen LogP contribution in [0.5, 0.6) is 0 Å². The Labute approximate surface area is 193 Å². The minimum Gasteiger partial charge on any atom is -0.388 e. The molecule has 2 N–H and O–H groups in total. The molecule has 3 rings (SSSR count). The molecule has 0 spiro atoms. The van der Waals surface area contributed by atoms with Crippen LogP contribution in [0.15, 0.2) is 12.7 Å². The largest absolute Gasteiger partial charge is 0.388 e. The molecule has 0 aromatic carbocycles. The molecule has 1 aliphatic carbocycles. The summed E-state index contributed by atoms with van der Waals surface area (Å²) in [5.41, 5.74) is 0.0334. The van der Waals surface area contributed by atoms with E-state index in [2.05, 4.69) is 15.0 Å². The van der Waals surface area contributed by atoms with Gasteiger partial charge in [0.25, 0.3) is 30.4 Å². The zero-order chi connectivity index (χ0) is 24.9. The molecule has 0 aliphatic heterocycles. The number of aliphatic hydroxyl groups excluding tert-OH is 2. The smallest absolute Gasteiger partial charge is 0.264 e. The van der Waals surface area contributed by atoms with Crippen LogP contribution in [0.25, 0.3) is 11.2 Å². The standard InChI is InChI=1S/C14H19ClN4O11S3/c1-31(22,23)28-10-8(20)7(19-5-18-6-13(15)16-4-17-14(6)19)9(21)11(29-32(2,24)25)12(10)30-33(3,26)27/h4-5,7-12,20-21H,1-3H3/t7?,8-,9+,10-,11+,12?. The molecule has 0 saturated heterocycles. The van der Waals surface area contributed by atoms with Crippen molar-refractivity contribution in [1.29, 1.82) is 0 Å². The van der Waals surface area contributed by atoms with Crippen LogP contribution in [-0.2, 0) is 42.9 Å². The first-order valence-corrected chi connectivity index (χ1v) is 14.7. The highest BCUT2D eigenvalue weighted by Gasteiger charge is 2.56. The minimum absolute atomic E-state index is 0.0169. The van der Waals surface area contributed by atoms with Crippen molar-refractivity contribution in [2.45, 2.75) is 36.6 Å². The molecule has 1 saturated carbocycles. The maximum atomic E-state index is 11.9. The fraction of sp³-hybridized carbons (Fsp3) is 0.643. The predicted molar refractivity (Wildman–Crippen MR) is 111 cm³/mol. The van der Waals surface area contributed by atoms with Crippen LogP contribution in [-0.4, -0.2) is 104 Å². The molecular formula is C14H19ClN4O11S3. The van der Waals surface area contributed by atoms with Crippen molar-refractivity contribution in [3.05, 3.63) is 17.8 Å². The molecule has 2 aromatic heterocycles. The van der Waals surface area contributed by atoms with Crippen molar-refractivity contribution in [1.82, 2.24) is 19.5 Å². The van der Waals surface area contributed by atoms with E-state index < -0.39 is 66.9 Å². The average Bonchev–Trinajstić information content (AvgIpc) is 3.04. The third kappa shape index (κ3) is 5.95. The lowest BCUT2D eigenvalue weighted by atomic mass is 9.83. The average molecular weight is 551 g/mol. The van der Waals surface area contributed by atoms with Gasteiger partial charge in [-0.2, -0.15) is 25.3 Å². The number of fused-ring (bicyclic) bond motifs is 1. The van der Waals surface area contributed by atoms with E-state index in [1.807, 2.05) is 0 Å². The highest BCUT2D eigenvalue weighted by molar-refractivity contribution is 7.86. The van der Waals surface area contributed by atoms with E-state index in [1.54, 1.807) is 0 Å². The molecule has 33 heavy (non-hydrogen) atoms. The lowest BCUT2D eigenvalue weighted by Crippen LogP contribution is -2.64. The van der Waals surface area contributed by atoms with Gasteiger partial charge in [-0.05, 0) is 0 Å². The molecular weight excluding hydrogens is 532 g/mol. The first-order chi connectivity index (χ1) is 15.0. The minimum atomic E-state index is -4.39. The Balaban J connectivity index is 2.22. The Morgan fingerprint density at radius 2 is 1.27 bits per heavy atom. The highest BCUT2D eigenvalue weighted by atomic mass is 35.5. The van der Waals surface area contributed by atoms with Crippen molar-refractivity contribution in [3.63, 3.8) is 0 Å². The van der Waals surface area contributed by atoms with E-state index in [0.29, 0.717) is 18.8 Å². The molecule has 1 fully saturated rings. The van der Waals surface area contributed by atoms with Gasteiger partial charge in [0.1, 0.15) is 42.4 Å². The number of aliphatic hydroxyl groups is 2. The molecule has 2 heterocycles. The van der Waals surface area contributed by atoms with Crippen LogP contribution in [0, 0.1) is 0 Å². The second kappa shape index (κ2) is 8.93. The SMILES string of the molecule is CS(=O)(=O)OC1[C@@H](OS(C)(=O)=O)[C@@H](O)C(n2cnc3c(Cl)ncnc32)[C@@H](O)[C@H]1OS(C)(=O)=O. The zero-order valence-corrected chi connectivity index (χ0v) is 20.3. The van der Waals surface area contributed by atoms with Crippen LogP contribution in [0.3, 0.4) is 0 Å². The highest BCUT2D eigenvalue weighted by Crippen LogP contribution is 2.38. The molecule has 186 valence electrons. The number of hydrogen-bond acceptors (Lipinski definition) is 14. The van der Waals surface area contributed by atoms with E-state index in [-0.39, 0.29) is 16.3 Å². The number of nitrogens with zero attached hydrogens (tertiary/aromatic N) is 4. The van der Waals surface area contributed by atoms with Crippen LogP contribution in [0.4, 0.5) is 0 Å². The van der Waals surface area contributed by atoms with Crippen LogP contribution in [0.2, 0.25) is 5.15 Å². The van der Waals surface area contributed by atoms with Gasteiger partial charge in [0.2, 0.25) is 0 Å². The van der Waals surface area contributed by atoms with Gasteiger partial charge >= 0.3 is 0 Å². The molecule has 0 radical (unpaired) electrons. The predicted octanol–water partition coefficient (Wildman–Crippen LogP) is -2.21. The molecule has 0 amide bonds. The molecule has 0 bridgehead atoms. The third-order valence-corrected chi connectivity index (χ3v) is 6.51. The summed E-state index contributed by atoms with van der Waals surface area (Å²) in [4.78, 5) is 11.7. The number of aromatic nitrogens is 4. The second-order valence-corrected chi connectivity index (χ2v) is 12.4. The normalized spacial score (nSPS) is 29.4. The third-order valence-electron chi connectivity index (χ3n) is 4.51. The van der Waals surface area contributed by atoms with Gasteiger partial charge in [-0.1, -0.05) is 11.6 Å². The zero-order valence-electron chi connectivity index (χ0n) is 17.1. The first-order valence-electron chi connectivity index (χ1n) is 8.82. The van der Waals surface area contributed by atoms with Crippen molar-refractivity contribution in [3.8, 4) is 0 Å². The van der Waals surface area contributed by atoms with E-state index >= 15 is 0 Å². The Hall–Kier alpha value is -1.51. The molecule has 15 nitrogen and oxygen atoms in total. The molecule has 1 aliphatic rings. The molecule has 2 unspecified atom stereocenters. The van der Waals surface area contributed by atoms with Gasteiger partial charge in [0.15, 0.2) is 10.8 Å². The van der Waals surface area contributed by atoms with Gasteiger partial charge in [-0.25, -0.2) is 15.0 Å². The van der Waals surface area contributed by atoms with E-state index in [0.717, 1.165) is 17.2 Å². The first kappa shape index (κ1) is 26.1. The summed E-state index contributed by atoms with van der Waals surface area (Å²) in [6, 6.07) is -1.60. The van der Waals surface area contributed by atoms with Crippen molar-refractivity contribution < 1.29 is 48.0 Å². The van der Waals surface area contributed by atoms with Gasteiger partial charge in [0.05, 0.1) is 31.1 Å². The van der Waals surface area contributed by atoms with Gasteiger partial charge in [-0.15, -0.1) is 0 Å². The van der Waals surface area contributed by atoms with Crippen molar-refractivity contribution in [2.24, 2.45) is 0 Å². The molecule has 2 aromatic rings. The number of halogens is 1. The fourth-order valence-corrected chi connectivity index (χ4v) is 5.53. The lowest BCUT2D eigenvalue weighted by molar-refractivity contribution is -0.172. The number of imidazole rings is 1. The quantitative estimate of drug-likeness (QED) is 0.276. The summed E-state index contributed by atoms with van der Waals surface area (Å²) < 4.78 is 86.7. The number of rotatable bonds is 7. The van der Waals surface area contributed by atoms with Crippen LogP contribution < -0.4 is 0 Å². The summed E-state index contributed by atoms with van der Waals surface area (Å²) in [6.07, 6.45) is -6.20. The topological polar surface area (TPSA) is 214 Å². The maximum absolute atomic E-state index is 11.9. The van der Waals surface area contributed by atoms with Gasteiger partial charge in [0, 0.05) is 0 Å². The van der Waals surface area contributed by atoms with Crippen LogP contribution in [0.1, 0.15) is 6.04 Å². The summed E-state index contributed by atoms with van der Waals surface area (Å²) >= 11 is 5.96. The second-order valence-electron chi connectivity index (χ2n) is 7.26. The maximum Gasteiger partial charge on any atom is 0.264 e. The summed E-state index contributed by atoms with van der Waals surface area (Å²) in [6.45, 7) is 0.